The van der Waals surface area contributed by atoms with Gasteiger partial charge in [-0.25, -0.2) is 28.7 Å². The number of aromatic nitrogens is 6. The van der Waals surface area contributed by atoms with Crippen molar-refractivity contribution in [3.8, 4) is 22.5 Å². The van der Waals surface area contributed by atoms with Gasteiger partial charge in [-0.1, -0.05) is 0 Å². The van der Waals surface area contributed by atoms with Crippen molar-refractivity contribution in [3.05, 3.63) is 72.3 Å². The molecule has 0 saturated heterocycles. The smallest absolute Gasteiger partial charge is 0.149 e. The fraction of sp³-hybridized carbons (Fsp3) is 0.217. The molecule has 0 fully saturated rings. The molecule has 0 atom stereocenters. The topological polar surface area (TPSA) is 92.6 Å². The third-order valence-electron chi connectivity index (χ3n) is 4.53. The molecule has 4 aromatic heterocycles. The number of hydrogen-bond donors (Lipinski definition) is 1. The second-order valence-electron chi connectivity index (χ2n) is 7.28. The van der Waals surface area contributed by atoms with E-state index < -0.39 is 0 Å². The minimum atomic E-state index is -0.380. The second kappa shape index (κ2) is 10.5. The van der Waals surface area contributed by atoms with E-state index in [1.807, 2.05) is 32.8 Å². The van der Waals surface area contributed by atoms with Gasteiger partial charge in [0.15, 0.2) is 0 Å². The summed E-state index contributed by atoms with van der Waals surface area (Å²) in [6.45, 7) is 3.72. The van der Waals surface area contributed by atoms with Gasteiger partial charge in [-0.05, 0) is 26.0 Å². The molecule has 0 aromatic carbocycles. The number of anilines is 2. The van der Waals surface area contributed by atoms with Gasteiger partial charge in [-0.2, -0.15) is 0 Å². The molecule has 0 aliphatic carbocycles. The van der Waals surface area contributed by atoms with Crippen LogP contribution in [0.5, 0.6) is 0 Å². The van der Waals surface area contributed by atoms with Crippen molar-refractivity contribution >= 4 is 11.6 Å². The van der Waals surface area contributed by atoms with E-state index in [9.17, 15) is 8.78 Å². The molecule has 0 amide bonds. The van der Waals surface area contributed by atoms with E-state index in [1.165, 1.54) is 12.1 Å². The largest absolute Gasteiger partial charge is 0.372 e. The molecule has 1 N–H and O–H groups in total. The van der Waals surface area contributed by atoms with Gasteiger partial charge < -0.3 is 10.2 Å². The summed E-state index contributed by atoms with van der Waals surface area (Å²) in [6, 6.07) is 2.78. The first kappa shape index (κ1) is 23.6. The number of rotatable bonds is 4. The van der Waals surface area contributed by atoms with Crippen molar-refractivity contribution in [2.45, 2.75) is 13.8 Å². The second-order valence-corrected chi connectivity index (χ2v) is 7.28. The van der Waals surface area contributed by atoms with Crippen molar-refractivity contribution in [2.24, 2.45) is 0 Å². The molecule has 0 bridgehead atoms. The summed E-state index contributed by atoms with van der Waals surface area (Å²) < 4.78 is 26.0. The molecular formula is C23H24F2N8. The van der Waals surface area contributed by atoms with Gasteiger partial charge in [0.2, 0.25) is 0 Å². The molecule has 4 heterocycles. The van der Waals surface area contributed by atoms with Gasteiger partial charge in [0.05, 0.1) is 47.6 Å². The molecule has 0 unspecified atom stereocenters. The lowest BCUT2D eigenvalue weighted by atomic mass is 10.2. The predicted molar refractivity (Wildman–Crippen MR) is 124 cm³/mol. The molecule has 0 radical (unpaired) electrons. The maximum Gasteiger partial charge on any atom is 0.149 e. The number of aryl methyl sites for hydroxylation is 2. The van der Waals surface area contributed by atoms with Crippen LogP contribution < -0.4 is 10.2 Å². The minimum Gasteiger partial charge on any atom is -0.372 e. The molecule has 8 nitrogen and oxygen atoms in total. The number of halogens is 2. The van der Waals surface area contributed by atoms with Crippen LogP contribution in [0.1, 0.15) is 11.4 Å². The van der Waals surface area contributed by atoms with Crippen LogP contribution in [0.3, 0.4) is 0 Å². The fourth-order valence-corrected chi connectivity index (χ4v) is 3.02. The van der Waals surface area contributed by atoms with Crippen molar-refractivity contribution in [2.75, 3.05) is 31.4 Å². The van der Waals surface area contributed by atoms with Crippen LogP contribution in [0.25, 0.3) is 22.5 Å². The molecular weight excluding hydrogens is 426 g/mol. The Morgan fingerprint density at radius 1 is 0.727 bits per heavy atom. The highest BCUT2D eigenvalue weighted by molar-refractivity contribution is 5.59. The van der Waals surface area contributed by atoms with Crippen molar-refractivity contribution < 1.29 is 8.78 Å². The lowest BCUT2D eigenvalue weighted by molar-refractivity contribution is 0.621. The van der Waals surface area contributed by atoms with E-state index in [2.05, 4.69) is 35.2 Å². The van der Waals surface area contributed by atoms with E-state index in [4.69, 9.17) is 0 Å². The highest BCUT2D eigenvalue weighted by Crippen LogP contribution is 2.20. The van der Waals surface area contributed by atoms with E-state index >= 15 is 0 Å². The van der Waals surface area contributed by atoms with E-state index in [1.54, 1.807) is 31.8 Å². The Morgan fingerprint density at radius 3 is 1.67 bits per heavy atom. The van der Waals surface area contributed by atoms with Gasteiger partial charge >= 0.3 is 0 Å². The maximum absolute atomic E-state index is 13.0. The zero-order chi connectivity index (χ0) is 24.0. The first-order chi connectivity index (χ1) is 15.8. The number of nitrogens with one attached hydrogen (secondary N) is 1. The van der Waals surface area contributed by atoms with Crippen LogP contribution in [0.4, 0.5) is 20.4 Å². The minimum absolute atomic E-state index is 0.376. The zero-order valence-electron chi connectivity index (χ0n) is 19.0. The number of nitrogens with zero attached hydrogens (tertiary/aromatic N) is 7. The molecule has 0 aliphatic heterocycles. The van der Waals surface area contributed by atoms with Crippen LogP contribution in [0.2, 0.25) is 0 Å². The molecule has 170 valence electrons. The van der Waals surface area contributed by atoms with Gasteiger partial charge in [-0.15, -0.1) is 0 Å². The Balaban J connectivity index is 0.000000186. The fourth-order valence-electron chi connectivity index (χ4n) is 3.02. The van der Waals surface area contributed by atoms with E-state index in [-0.39, 0.29) is 11.6 Å². The third kappa shape index (κ3) is 6.00. The summed E-state index contributed by atoms with van der Waals surface area (Å²) >= 11 is 0. The summed E-state index contributed by atoms with van der Waals surface area (Å²) in [7, 11) is 5.58. The van der Waals surface area contributed by atoms with Crippen LogP contribution >= 0.6 is 0 Å². The molecule has 33 heavy (non-hydrogen) atoms. The Morgan fingerprint density at radius 2 is 1.24 bits per heavy atom. The summed E-state index contributed by atoms with van der Waals surface area (Å²) in [5.74, 6) is 0.763. The summed E-state index contributed by atoms with van der Waals surface area (Å²) in [5, 5.41) is 2.92. The number of hydrogen-bond acceptors (Lipinski definition) is 8. The average molecular weight is 450 g/mol. The molecule has 10 heteroatoms. The van der Waals surface area contributed by atoms with Crippen molar-refractivity contribution in [1.82, 2.24) is 29.9 Å². The third-order valence-corrected chi connectivity index (χ3v) is 4.53. The molecule has 4 aromatic rings. The van der Waals surface area contributed by atoms with E-state index in [0.29, 0.717) is 28.3 Å². The predicted octanol–water partition coefficient (Wildman–Crippen LogP) is 4.08. The first-order valence-electron chi connectivity index (χ1n) is 10.0. The molecule has 0 spiro atoms. The van der Waals surface area contributed by atoms with Crippen molar-refractivity contribution in [3.63, 3.8) is 0 Å². The standard InChI is InChI=1S/C12H13FN4.C11H11FN4/c1-8-12(17(2)3)15-7-11(16-8)9-4-10(13)6-14-5-9;1-7-11(13-2)15-6-10(16-7)8-3-9(12)5-14-4-8/h4-7H,1-3H3;3-6H,1-2H3,(H,13,15). The monoisotopic (exact) mass is 450 g/mol. The van der Waals surface area contributed by atoms with E-state index in [0.717, 1.165) is 29.6 Å². The van der Waals surface area contributed by atoms with Gasteiger partial charge in [0.1, 0.15) is 23.3 Å². The van der Waals surface area contributed by atoms with Crippen LogP contribution in [-0.2, 0) is 0 Å². The Labute approximate surface area is 190 Å². The number of pyridine rings is 2. The van der Waals surface area contributed by atoms with Crippen LogP contribution in [0, 0.1) is 25.5 Å². The summed E-state index contributed by atoms with van der Waals surface area (Å²) in [4.78, 5) is 26.6. The molecule has 4 rings (SSSR count). The Hall–Kier alpha value is -4.08. The zero-order valence-corrected chi connectivity index (χ0v) is 19.0. The van der Waals surface area contributed by atoms with Crippen LogP contribution in [-0.4, -0.2) is 51.0 Å². The average Bonchev–Trinajstić information content (AvgIpc) is 2.79. The Kier molecular flexibility index (Phi) is 7.50. The first-order valence-corrected chi connectivity index (χ1v) is 10.0. The molecule has 0 aliphatic rings. The van der Waals surface area contributed by atoms with Crippen LogP contribution in [0.15, 0.2) is 49.3 Å². The van der Waals surface area contributed by atoms with Gasteiger partial charge in [0, 0.05) is 44.7 Å². The summed E-state index contributed by atoms with van der Waals surface area (Å²) in [5.41, 5.74) is 4.06. The highest BCUT2D eigenvalue weighted by atomic mass is 19.1. The highest BCUT2D eigenvalue weighted by Gasteiger charge is 2.08. The SMILES string of the molecule is CNc1ncc(-c2cncc(F)c2)nc1C.Cc1nc(-c2cncc(F)c2)cnc1N(C)C. The quantitative estimate of drug-likeness (QED) is 0.497. The maximum atomic E-state index is 13.0. The lowest BCUT2D eigenvalue weighted by Gasteiger charge is -2.13. The lowest BCUT2D eigenvalue weighted by Crippen LogP contribution is -2.13. The normalized spacial score (nSPS) is 10.3. The molecule has 0 saturated carbocycles. The van der Waals surface area contributed by atoms with Gasteiger partial charge in [-0.3, -0.25) is 9.97 Å². The van der Waals surface area contributed by atoms with Crippen molar-refractivity contribution in [1.29, 1.82) is 0 Å². The Bertz CT molecular complexity index is 1250. The van der Waals surface area contributed by atoms with Gasteiger partial charge in [0.25, 0.3) is 0 Å². The summed E-state index contributed by atoms with van der Waals surface area (Å²) in [6.07, 6.45) is 8.67.